The molecule has 0 unspecified atom stereocenters. The summed E-state index contributed by atoms with van der Waals surface area (Å²) in [5, 5.41) is 3.13. The lowest BCUT2D eigenvalue weighted by Gasteiger charge is -2.10. The molecular formula is C13H15F3N4. The summed E-state index contributed by atoms with van der Waals surface area (Å²) < 4.78 is 39.1. The Bertz CT molecular complexity index is 572. The standard InChI is InChI=1S/C13H15F3N4/c1-3-6-17-12-19-9(2)8-20(12)10-4-5-11(18-7-10)13(14,15)16/h4-5,7-8H,3,6H2,1-2H3,(H,17,19). The van der Waals surface area contributed by atoms with Gasteiger partial charge in [-0.15, -0.1) is 0 Å². The van der Waals surface area contributed by atoms with Gasteiger partial charge in [0.2, 0.25) is 5.95 Å². The van der Waals surface area contributed by atoms with Crippen LogP contribution < -0.4 is 5.32 Å². The van der Waals surface area contributed by atoms with Crippen LogP contribution in [0, 0.1) is 6.92 Å². The molecule has 4 nitrogen and oxygen atoms in total. The van der Waals surface area contributed by atoms with Gasteiger partial charge in [0.05, 0.1) is 17.6 Å². The molecule has 2 heterocycles. The second kappa shape index (κ2) is 5.52. The van der Waals surface area contributed by atoms with E-state index in [1.165, 1.54) is 12.3 Å². The molecule has 0 atom stereocenters. The Labute approximate surface area is 114 Å². The molecule has 0 aliphatic carbocycles. The van der Waals surface area contributed by atoms with Gasteiger partial charge in [-0.05, 0) is 25.5 Å². The van der Waals surface area contributed by atoms with E-state index in [1.807, 2.05) is 13.8 Å². The SMILES string of the molecule is CCCNc1nc(C)cn1-c1ccc(C(F)(F)F)nc1. The normalized spacial score (nSPS) is 11.7. The largest absolute Gasteiger partial charge is 0.433 e. The molecule has 1 N–H and O–H groups in total. The van der Waals surface area contributed by atoms with Crippen molar-refractivity contribution in [3.8, 4) is 5.69 Å². The van der Waals surface area contributed by atoms with E-state index < -0.39 is 11.9 Å². The third kappa shape index (κ3) is 3.09. The molecule has 108 valence electrons. The van der Waals surface area contributed by atoms with Crippen molar-refractivity contribution in [1.29, 1.82) is 0 Å². The van der Waals surface area contributed by atoms with E-state index in [4.69, 9.17) is 0 Å². The third-order valence-electron chi connectivity index (χ3n) is 2.68. The summed E-state index contributed by atoms with van der Waals surface area (Å²) in [6, 6.07) is 2.35. The summed E-state index contributed by atoms with van der Waals surface area (Å²) >= 11 is 0. The number of anilines is 1. The highest BCUT2D eigenvalue weighted by atomic mass is 19.4. The van der Waals surface area contributed by atoms with Gasteiger partial charge in [0, 0.05) is 12.7 Å². The number of hydrogen-bond acceptors (Lipinski definition) is 3. The molecule has 0 bridgehead atoms. The van der Waals surface area contributed by atoms with E-state index in [0.717, 1.165) is 24.7 Å². The lowest BCUT2D eigenvalue weighted by atomic mass is 10.3. The maximum Gasteiger partial charge on any atom is 0.433 e. The summed E-state index contributed by atoms with van der Waals surface area (Å²) in [7, 11) is 0. The monoisotopic (exact) mass is 284 g/mol. The highest BCUT2D eigenvalue weighted by Gasteiger charge is 2.32. The average Bonchev–Trinajstić information content (AvgIpc) is 2.76. The summed E-state index contributed by atoms with van der Waals surface area (Å²) in [4.78, 5) is 7.75. The van der Waals surface area contributed by atoms with Gasteiger partial charge in [-0.3, -0.25) is 4.57 Å². The van der Waals surface area contributed by atoms with Crippen LogP contribution in [-0.2, 0) is 6.18 Å². The fraction of sp³-hybridized carbons (Fsp3) is 0.385. The van der Waals surface area contributed by atoms with Crippen molar-refractivity contribution in [2.45, 2.75) is 26.4 Å². The Hall–Kier alpha value is -2.05. The second-order valence-corrected chi connectivity index (χ2v) is 4.40. The lowest BCUT2D eigenvalue weighted by Crippen LogP contribution is -2.09. The highest BCUT2D eigenvalue weighted by Crippen LogP contribution is 2.28. The van der Waals surface area contributed by atoms with Gasteiger partial charge in [-0.25, -0.2) is 9.97 Å². The number of pyridine rings is 1. The van der Waals surface area contributed by atoms with Gasteiger partial charge in [0.15, 0.2) is 0 Å². The molecule has 0 spiro atoms. The van der Waals surface area contributed by atoms with Gasteiger partial charge in [-0.2, -0.15) is 13.2 Å². The molecule has 0 aliphatic rings. The van der Waals surface area contributed by atoms with Crippen LogP contribution >= 0.6 is 0 Å². The number of aromatic nitrogens is 3. The van der Waals surface area contributed by atoms with Gasteiger partial charge in [0.1, 0.15) is 5.69 Å². The Morgan fingerprint density at radius 2 is 2.05 bits per heavy atom. The Morgan fingerprint density at radius 1 is 1.30 bits per heavy atom. The molecule has 0 saturated heterocycles. The van der Waals surface area contributed by atoms with Crippen molar-refractivity contribution in [3.05, 3.63) is 35.9 Å². The first-order valence-corrected chi connectivity index (χ1v) is 6.25. The topological polar surface area (TPSA) is 42.7 Å². The highest BCUT2D eigenvalue weighted by molar-refractivity contribution is 5.42. The Balaban J connectivity index is 2.31. The van der Waals surface area contributed by atoms with Crippen LogP contribution in [0.2, 0.25) is 0 Å². The van der Waals surface area contributed by atoms with Crippen LogP contribution in [0.15, 0.2) is 24.5 Å². The number of hydrogen-bond donors (Lipinski definition) is 1. The fourth-order valence-electron chi connectivity index (χ4n) is 1.75. The average molecular weight is 284 g/mol. The van der Waals surface area contributed by atoms with Crippen LogP contribution in [0.25, 0.3) is 5.69 Å². The van der Waals surface area contributed by atoms with E-state index in [-0.39, 0.29) is 0 Å². The lowest BCUT2D eigenvalue weighted by molar-refractivity contribution is -0.141. The number of alkyl halides is 3. The zero-order valence-corrected chi connectivity index (χ0v) is 11.2. The number of nitrogens with zero attached hydrogens (tertiary/aromatic N) is 3. The van der Waals surface area contributed by atoms with E-state index in [2.05, 4.69) is 15.3 Å². The number of imidazole rings is 1. The molecule has 0 fully saturated rings. The molecule has 20 heavy (non-hydrogen) atoms. The summed E-state index contributed by atoms with van der Waals surface area (Å²) in [6.07, 6.45) is -0.548. The van der Waals surface area contributed by atoms with Crippen LogP contribution in [0.1, 0.15) is 24.7 Å². The van der Waals surface area contributed by atoms with E-state index >= 15 is 0 Å². The first-order valence-electron chi connectivity index (χ1n) is 6.25. The molecule has 0 aromatic carbocycles. The Morgan fingerprint density at radius 3 is 2.60 bits per heavy atom. The van der Waals surface area contributed by atoms with Crippen LogP contribution in [0.3, 0.4) is 0 Å². The van der Waals surface area contributed by atoms with Gasteiger partial charge >= 0.3 is 6.18 Å². The van der Waals surface area contributed by atoms with Crippen molar-refractivity contribution in [2.75, 3.05) is 11.9 Å². The van der Waals surface area contributed by atoms with Gasteiger partial charge < -0.3 is 5.32 Å². The molecule has 2 aromatic heterocycles. The molecule has 2 aromatic rings. The maximum absolute atomic E-state index is 12.5. The van der Waals surface area contributed by atoms with Gasteiger partial charge in [0.25, 0.3) is 0 Å². The van der Waals surface area contributed by atoms with E-state index in [1.54, 1.807) is 10.8 Å². The molecule has 0 saturated carbocycles. The summed E-state index contributed by atoms with van der Waals surface area (Å²) in [5.41, 5.74) is 0.418. The zero-order valence-electron chi connectivity index (χ0n) is 11.2. The predicted molar refractivity (Wildman–Crippen MR) is 69.9 cm³/mol. The summed E-state index contributed by atoms with van der Waals surface area (Å²) in [5.74, 6) is 0.603. The first kappa shape index (κ1) is 14.4. The van der Waals surface area contributed by atoms with Crippen molar-refractivity contribution in [3.63, 3.8) is 0 Å². The number of nitrogens with one attached hydrogen (secondary N) is 1. The number of halogens is 3. The van der Waals surface area contributed by atoms with Crippen LogP contribution in [0.4, 0.5) is 19.1 Å². The Kier molecular flexibility index (Phi) is 3.96. The van der Waals surface area contributed by atoms with Crippen molar-refractivity contribution < 1.29 is 13.2 Å². The van der Waals surface area contributed by atoms with Crippen LogP contribution in [0.5, 0.6) is 0 Å². The summed E-state index contributed by atoms with van der Waals surface area (Å²) in [6.45, 7) is 4.59. The van der Waals surface area contributed by atoms with Crippen LogP contribution in [-0.4, -0.2) is 21.1 Å². The van der Waals surface area contributed by atoms with E-state index in [9.17, 15) is 13.2 Å². The van der Waals surface area contributed by atoms with Crippen molar-refractivity contribution in [1.82, 2.24) is 14.5 Å². The molecule has 7 heteroatoms. The predicted octanol–water partition coefficient (Wildman–Crippen LogP) is 3.42. The molecule has 0 aliphatic heterocycles. The molecular weight excluding hydrogens is 269 g/mol. The number of rotatable bonds is 4. The molecule has 0 radical (unpaired) electrons. The quantitative estimate of drug-likeness (QED) is 0.935. The van der Waals surface area contributed by atoms with Crippen molar-refractivity contribution in [2.24, 2.45) is 0 Å². The fourth-order valence-corrected chi connectivity index (χ4v) is 1.75. The number of aryl methyl sites for hydroxylation is 1. The molecule has 2 rings (SSSR count). The molecule has 0 amide bonds. The minimum atomic E-state index is -4.42. The third-order valence-corrected chi connectivity index (χ3v) is 2.68. The maximum atomic E-state index is 12.5. The minimum Gasteiger partial charge on any atom is -0.355 e. The smallest absolute Gasteiger partial charge is 0.355 e. The first-order chi connectivity index (χ1) is 9.41. The second-order valence-electron chi connectivity index (χ2n) is 4.40. The van der Waals surface area contributed by atoms with E-state index in [0.29, 0.717) is 11.6 Å². The minimum absolute atomic E-state index is 0.539. The van der Waals surface area contributed by atoms with Crippen molar-refractivity contribution >= 4 is 5.95 Å². The van der Waals surface area contributed by atoms with Gasteiger partial charge in [-0.1, -0.05) is 6.92 Å². The zero-order chi connectivity index (χ0) is 14.8.